The molecule has 6 nitrogen and oxygen atoms in total. The van der Waals surface area contributed by atoms with E-state index in [1.165, 1.54) is 18.5 Å². The number of hydrogen-bond acceptors (Lipinski definition) is 6. The number of carbonyl (C=O) groups is 1. The topological polar surface area (TPSA) is 61.6 Å². The van der Waals surface area contributed by atoms with E-state index in [1.807, 2.05) is 11.6 Å². The SMILES string of the molecule is CNC(=O)c1ccc(CN2C[C@H]3CC[C@@H]2CN(Cc2cscn2)C3)o1. The van der Waals surface area contributed by atoms with Crippen LogP contribution in [0.15, 0.2) is 27.4 Å². The normalized spacial score (nSPS) is 24.4. The second-order valence-corrected chi connectivity index (χ2v) is 7.76. The summed E-state index contributed by atoms with van der Waals surface area (Å²) >= 11 is 1.67. The molecule has 0 radical (unpaired) electrons. The van der Waals surface area contributed by atoms with Crippen molar-refractivity contribution in [1.82, 2.24) is 20.1 Å². The number of nitrogens with one attached hydrogen (secondary N) is 1. The Kier molecular flexibility index (Phi) is 4.87. The Hall–Kier alpha value is -1.70. The van der Waals surface area contributed by atoms with Gasteiger partial charge in [-0.3, -0.25) is 14.6 Å². The Labute approximate surface area is 151 Å². The van der Waals surface area contributed by atoms with Gasteiger partial charge in [0, 0.05) is 44.6 Å². The summed E-state index contributed by atoms with van der Waals surface area (Å²) in [5.74, 6) is 1.80. The monoisotopic (exact) mass is 360 g/mol. The Bertz CT molecular complexity index is 714. The van der Waals surface area contributed by atoms with Gasteiger partial charge in [0.05, 0.1) is 17.7 Å². The Morgan fingerprint density at radius 1 is 1.32 bits per heavy atom. The summed E-state index contributed by atoms with van der Waals surface area (Å²) in [5, 5.41) is 4.75. The lowest BCUT2D eigenvalue weighted by Gasteiger charge is -2.35. The van der Waals surface area contributed by atoms with Gasteiger partial charge >= 0.3 is 0 Å². The molecule has 2 atom stereocenters. The Morgan fingerprint density at radius 2 is 2.24 bits per heavy atom. The zero-order chi connectivity index (χ0) is 17.2. The summed E-state index contributed by atoms with van der Waals surface area (Å²) in [4.78, 5) is 21.2. The summed E-state index contributed by atoms with van der Waals surface area (Å²) in [6.45, 7) is 5.06. The maximum Gasteiger partial charge on any atom is 0.286 e. The van der Waals surface area contributed by atoms with Gasteiger partial charge in [-0.05, 0) is 30.9 Å². The van der Waals surface area contributed by atoms with E-state index in [9.17, 15) is 4.79 Å². The molecule has 25 heavy (non-hydrogen) atoms. The average Bonchev–Trinajstić information content (AvgIpc) is 3.21. The fourth-order valence-electron chi connectivity index (χ4n) is 4.05. The highest BCUT2D eigenvalue weighted by molar-refractivity contribution is 7.07. The van der Waals surface area contributed by atoms with E-state index < -0.39 is 0 Å². The smallest absolute Gasteiger partial charge is 0.286 e. The maximum atomic E-state index is 11.7. The first-order valence-corrected chi connectivity index (χ1v) is 9.80. The van der Waals surface area contributed by atoms with Crippen molar-refractivity contribution in [2.24, 2.45) is 5.92 Å². The molecule has 3 aliphatic rings. The quantitative estimate of drug-likeness (QED) is 0.886. The molecule has 1 amide bonds. The van der Waals surface area contributed by atoms with Gasteiger partial charge in [-0.25, -0.2) is 4.98 Å². The molecule has 0 aliphatic carbocycles. The number of aromatic nitrogens is 1. The lowest BCUT2D eigenvalue weighted by molar-refractivity contribution is 0.0920. The largest absolute Gasteiger partial charge is 0.455 e. The molecule has 7 heteroatoms. The molecule has 0 spiro atoms. The second kappa shape index (κ2) is 7.27. The van der Waals surface area contributed by atoms with Gasteiger partial charge in [0.2, 0.25) is 0 Å². The van der Waals surface area contributed by atoms with Gasteiger partial charge in [-0.15, -0.1) is 11.3 Å². The number of piperidine rings is 1. The van der Waals surface area contributed by atoms with Crippen LogP contribution < -0.4 is 5.32 Å². The number of fused-ring (bicyclic) bond motifs is 4. The van der Waals surface area contributed by atoms with Crippen LogP contribution in [0.5, 0.6) is 0 Å². The Balaban J connectivity index is 1.42. The van der Waals surface area contributed by atoms with E-state index in [0.29, 0.717) is 17.7 Å². The maximum absolute atomic E-state index is 11.7. The van der Waals surface area contributed by atoms with E-state index in [4.69, 9.17) is 4.42 Å². The highest BCUT2D eigenvalue weighted by atomic mass is 32.1. The molecule has 5 rings (SSSR count). The van der Waals surface area contributed by atoms with Crippen molar-refractivity contribution >= 4 is 17.2 Å². The van der Waals surface area contributed by atoms with Crippen LogP contribution in [0.2, 0.25) is 0 Å². The number of furan rings is 1. The Morgan fingerprint density at radius 3 is 3.04 bits per heavy atom. The lowest BCUT2D eigenvalue weighted by atomic mass is 9.95. The second-order valence-electron chi connectivity index (χ2n) is 7.05. The van der Waals surface area contributed by atoms with Gasteiger partial charge in [0.25, 0.3) is 5.91 Å². The van der Waals surface area contributed by atoms with Crippen LogP contribution in [0, 0.1) is 5.92 Å². The summed E-state index contributed by atoms with van der Waals surface area (Å²) in [6, 6.07) is 4.24. The molecule has 0 saturated carbocycles. The predicted molar refractivity (Wildman–Crippen MR) is 96.4 cm³/mol. The third-order valence-corrected chi connectivity index (χ3v) is 5.88. The highest BCUT2D eigenvalue weighted by Crippen LogP contribution is 2.30. The van der Waals surface area contributed by atoms with Gasteiger partial charge < -0.3 is 9.73 Å². The number of amides is 1. The molecular formula is C18H24N4O2S. The first-order chi connectivity index (χ1) is 12.2. The molecule has 2 aromatic heterocycles. The summed E-state index contributed by atoms with van der Waals surface area (Å²) in [5.41, 5.74) is 3.09. The number of nitrogens with zero attached hydrogens (tertiary/aromatic N) is 3. The molecule has 0 aromatic carbocycles. The molecule has 5 heterocycles. The summed E-state index contributed by atoms with van der Waals surface area (Å²) < 4.78 is 5.72. The van der Waals surface area contributed by atoms with Gasteiger partial charge in [0.15, 0.2) is 5.76 Å². The minimum atomic E-state index is -0.168. The van der Waals surface area contributed by atoms with Crippen molar-refractivity contribution in [1.29, 1.82) is 0 Å². The van der Waals surface area contributed by atoms with Gasteiger partial charge in [-0.1, -0.05) is 0 Å². The predicted octanol–water partition coefficient (Wildman–Crippen LogP) is 2.19. The molecular weight excluding hydrogens is 336 g/mol. The number of rotatable bonds is 5. The fourth-order valence-corrected chi connectivity index (χ4v) is 4.60. The van der Waals surface area contributed by atoms with Crippen LogP contribution in [0.1, 0.15) is 34.9 Å². The molecule has 3 aliphatic heterocycles. The van der Waals surface area contributed by atoms with E-state index in [2.05, 4.69) is 25.5 Å². The van der Waals surface area contributed by atoms with Crippen LogP contribution in [-0.4, -0.2) is 53.4 Å². The minimum absolute atomic E-state index is 0.168. The number of hydrogen-bond donors (Lipinski definition) is 1. The summed E-state index contributed by atoms with van der Waals surface area (Å²) in [6.07, 6.45) is 2.54. The molecule has 1 N–H and O–H groups in total. The van der Waals surface area contributed by atoms with E-state index in [0.717, 1.165) is 38.5 Å². The number of carbonyl (C=O) groups excluding carboxylic acids is 1. The molecule has 2 aromatic rings. The van der Waals surface area contributed by atoms with E-state index in [-0.39, 0.29) is 5.91 Å². The fraction of sp³-hybridized carbons (Fsp3) is 0.556. The van der Waals surface area contributed by atoms with Crippen LogP contribution >= 0.6 is 11.3 Å². The highest BCUT2D eigenvalue weighted by Gasteiger charge is 2.35. The minimum Gasteiger partial charge on any atom is -0.455 e. The van der Waals surface area contributed by atoms with Gasteiger partial charge in [0.1, 0.15) is 5.76 Å². The third-order valence-electron chi connectivity index (χ3n) is 5.24. The summed E-state index contributed by atoms with van der Waals surface area (Å²) in [7, 11) is 1.62. The standard InChI is InChI=1S/C18H24N4O2S/c1-19-18(23)17-5-4-16(24-17)10-22-7-13-2-3-15(22)9-21(6-13)8-14-11-25-12-20-14/h4-5,11-13,15H,2-3,6-10H2,1H3,(H,19,23)/t13-,15+/m0/s1. The van der Waals surface area contributed by atoms with Crippen molar-refractivity contribution in [3.63, 3.8) is 0 Å². The van der Waals surface area contributed by atoms with Crippen molar-refractivity contribution in [2.45, 2.75) is 32.0 Å². The van der Waals surface area contributed by atoms with Crippen LogP contribution in [0.4, 0.5) is 0 Å². The van der Waals surface area contributed by atoms with Crippen LogP contribution in [0.25, 0.3) is 0 Å². The lowest BCUT2D eigenvalue weighted by Crippen LogP contribution is -2.43. The number of thiazole rings is 1. The zero-order valence-corrected chi connectivity index (χ0v) is 15.3. The van der Waals surface area contributed by atoms with Crippen LogP contribution in [-0.2, 0) is 13.1 Å². The first kappa shape index (κ1) is 16.8. The van der Waals surface area contributed by atoms with Gasteiger partial charge in [-0.2, -0.15) is 0 Å². The van der Waals surface area contributed by atoms with Crippen molar-refractivity contribution in [3.8, 4) is 0 Å². The molecule has 0 unspecified atom stereocenters. The third kappa shape index (κ3) is 3.78. The van der Waals surface area contributed by atoms with Crippen molar-refractivity contribution < 1.29 is 9.21 Å². The van der Waals surface area contributed by atoms with Crippen molar-refractivity contribution in [2.75, 3.05) is 26.7 Å². The molecule has 134 valence electrons. The van der Waals surface area contributed by atoms with Crippen molar-refractivity contribution in [3.05, 3.63) is 40.2 Å². The molecule has 3 fully saturated rings. The van der Waals surface area contributed by atoms with E-state index >= 15 is 0 Å². The van der Waals surface area contributed by atoms with E-state index in [1.54, 1.807) is 24.5 Å². The average molecular weight is 360 g/mol. The zero-order valence-electron chi connectivity index (χ0n) is 14.5. The van der Waals surface area contributed by atoms with Crippen LogP contribution in [0.3, 0.4) is 0 Å². The molecule has 2 bridgehead atoms. The molecule has 3 saturated heterocycles. The first-order valence-electron chi connectivity index (χ1n) is 8.85.